The number of aromatic nitrogens is 1. The summed E-state index contributed by atoms with van der Waals surface area (Å²) in [6.07, 6.45) is 2.75. The Hall–Kier alpha value is -0.850. The summed E-state index contributed by atoms with van der Waals surface area (Å²) in [5.74, 6) is 0. The molecule has 0 saturated carbocycles. The fraction of sp³-hybridized carbons (Fsp3) is 0.250. The highest BCUT2D eigenvalue weighted by Gasteiger charge is 1.87. The predicted molar refractivity (Wildman–Crippen MR) is 37.0 cm³/mol. The third kappa shape index (κ3) is 1.53. The molecule has 0 aliphatic heterocycles. The van der Waals surface area contributed by atoms with E-state index in [0.29, 0.717) is 5.69 Å². The van der Waals surface area contributed by atoms with E-state index >= 15 is 0 Å². The molecule has 0 saturated heterocycles. The Bertz CT molecular complexity index is 194. The van der Waals surface area contributed by atoms with Crippen LogP contribution < -0.4 is 0 Å². The second-order valence-electron chi connectivity index (χ2n) is 1.94. The van der Waals surface area contributed by atoms with Crippen LogP contribution in [-0.4, -0.2) is 4.98 Å². The van der Waals surface area contributed by atoms with Gasteiger partial charge in [-0.1, -0.05) is 6.92 Å². The predicted octanol–water partition coefficient (Wildman–Crippen LogP) is 1.70. The van der Waals surface area contributed by atoms with Crippen molar-refractivity contribution in [2.24, 2.45) is 0 Å². The first-order chi connectivity index (χ1) is 4.33. The van der Waals surface area contributed by atoms with E-state index in [1.54, 1.807) is 6.20 Å². The summed E-state index contributed by atoms with van der Waals surface area (Å²) in [7, 11) is 0. The fourth-order valence-corrected chi connectivity index (χ4v) is 0.714. The molecule has 0 unspecified atom stereocenters. The summed E-state index contributed by atoms with van der Waals surface area (Å²) < 4.78 is 0. The molecule has 1 rings (SSSR count). The normalized spacial score (nSPS) is 9.56. The lowest BCUT2D eigenvalue weighted by atomic mass is 10.2. The van der Waals surface area contributed by atoms with Gasteiger partial charge in [-0.25, -0.2) is 0 Å². The van der Waals surface area contributed by atoms with Crippen LogP contribution in [0.3, 0.4) is 0 Å². The summed E-state index contributed by atoms with van der Waals surface area (Å²) in [6.45, 7) is 7.52. The Kier molecular flexibility index (Phi) is 1.83. The van der Waals surface area contributed by atoms with E-state index < -0.39 is 0 Å². The van der Waals surface area contributed by atoms with E-state index in [1.807, 2.05) is 12.1 Å². The standard InChI is InChI=1S/C8H9N/c1-3-8-4-5-9-7(2)6-8/h2,4-6H,3H2,1H3. The number of rotatable bonds is 1. The average Bonchev–Trinajstić information content (AvgIpc) is 1.88. The van der Waals surface area contributed by atoms with Crippen molar-refractivity contribution in [2.45, 2.75) is 13.3 Å². The maximum atomic E-state index is 5.42. The molecule has 0 bridgehead atoms. The van der Waals surface area contributed by atoms with Crippen LogP contribution in [0.25, 0.3) is 0 Å². The molecule has 1 heterocycles. The van der Waals surface area contributed by atoms with E-state index in [4.69, 9.17) is 6.92 Å². The van der Waals surface area contributed by atoms with Crippen molar-refractivity contribution in [3.8, 4) is 0 Å². The smallest absolute Gasteiger partial charge is 0.0451 e. The molecule has 2 radical (unpaired) electrons. The molecule has 0 spiro atoms. The van der Waals surface area contributed by atoms with Crippen molar-refractivity contribution in [3.63, 3.8) is 0 Å². The van der Waals surface area contributed by atoms with Gasteiger partial charge in [-0.2, -0.15) is 0 Å². The maximum Gasteiger partial charge on any atom is 0.0451 e. The van der Waals surface area contributed by atoms with Gasteiger partial charge in [0.15, 0.2) is 0 Å². The summed E-state index contributed by atoms with van der Waals surface area (Å²) in [5, 5.41) is 0. The largest absolute Gasteiger partial charge is 0.261 e. The molecule has 46 valence electrons. The zero-order valence-corrected chi connectivity index (χ0v) is 5.46. The molecule has 0 amide bonds. The molecule has 1 aromatic heterocycles. The van der Waals surface area contributed by atoms with Crippen molar-refractivity contribution < 1.29 is 0 Å². The van der Waals surface area contributed by atoms with E-state index in [2.05, 4.69) is 11.9 Å². The highest BCUT2D eigenvalue weighted by atomic mass is 14.6. The lowest BCUT2D eigenvalue weighted by Crippen LogP contribution is -1.83. The maximum absolute atomic E-state index is 5.42. The third-order valence-electron chi connectivity index (χ3n) is 1.25. The number of pyridine rings is 1. The molecule has 0 aromatic carbocycles. The van der Waals surface area contributed by atoms with Gasteiger partial charge in [-0.15, -0.1) is 0 Å². The minimum atomic E-state index is 0.606. The van der Waals surface area contributed by atoms with Gasteiger partial charge in [0.25, 0.3) is 0 Å². The minimum absolute atomic E-state index is 0.606. The summed E-state index contributed by atoms with van der Waals surface area (Å²) in [6, 6.07) is 3.86. The van der Waals surface area contributed by atoms with Crippen LogP contribution in [0.1, 0.15) is 18.2 Å². The summed E-state index contributed by atoms with van der Waals surface area (Å²) in [4.78, 5) is 3.87. The molecule has 1 aromatic rings. The molecule has 9 heavy (non-hydrogen) atoms. The Morgan fingerprint density at radius 1 is 1.67 bits per heavy atom. The van der Waals surface area contributed by atoms with Crippen LogP contribution in [0, 0.1) is 6.92 Å². The van der Waals surface area contributed by atoms with E-state index in [-0.39, 0.29) is 0 Å². The highest BCUT2D eigenvalue weighted by molar-refractivity contribution is 5.17. The molecule has 0 N–H and O–H groups in total. The molecule has 0 fully saturated rings. The van der Waals surface area contributed by atoms with Gasteiger partial charge >= 0.3 is 0 Å². The second kappa shape index (κ2) is 2.62. The summed E-state index contributed by atoms with van der Waals surface area (Å²) >= 11 is 0. The topological polar surface area (TPSA) is 12.9 Å². The van der Waals surface area contributed by atoms with Gasteiger partial charge in [0.1, 0.15) is 0 Å². The first kappa shape index (κ1) is 6.27. The van der Waals surface area contributed by atoms with Crippen LogP contribution in [0.4, 0.5) is 0 Å². The van der Waals surface area contributed by atoms with Crippen LogP contribution in [-0.2, 0) is 6.42 Å². The molecule has 1 nitrogen and oxygen atoms in total. The first-order valence-corrected chi connectivity index (χ1v) is 3.03. The quantitative estimate of drug-likeness (QED) is 0.548. The monoisotopic (exact) mass is 119 g/mol. The zero-order chi connectivity index (χ0) is 6.69. The van der Waals surface area contributed by atoms with Crippen molar-refractivity contribution in [2.75, 3.05) is 0 Å². The van der Waals surface area contributed by atoms with E-state index in [9.17, 15) is 0 Å². The number of aryl methyl sites for hydroxylation is 1. The lowest BCUT2D eigenvalue weighted by Gasteiger charge is -1.94. The summed E-state index contributed by atoms with van der Waals surface area (Å²) in [5.41, 5.74) is 1.84. The van der Waals surface area contributed by atoms with Gasteiger partial charge in [0.05, 0.1) is 0 Å². The van der Waals surface area contributed by atoms with Crippen molar-refractivity contribution >= 4 is 0 Å². The Balaban J connectivity index is 2.94. The van der Waals surface area contributed by atoms with Crippen molar-refractivity contribution in [1.29, 1.82) is 0 Å². The Morgan fingerprint density at radius 2 is 2.44 bits per heavy atom. The third-order valence-corrected chi connectivity index (χ3v) is 1.25. The van der Waals surface area contributed by atoms with Gasteiger partial charge < -0.3 is 0 Å². The van der Waals surface area contributed by atoms with Crippen LogP contribution in [0.15, 0.2) is 18.3 Å². The number of nitrogens with zero attached hydrogens (tertiary/aromatic N) is 1. The zero-order valence-electron chi connectivity index (χ0n) is 5.46. The van der Waals surface area contributed by atoms with E-state index in [1.165, 1.54) is 5.56 Å². The number of hydrogen-bond donors (Lipinski definition) is 0. The van der Waals surface area contributed by atoms with Gasteiger partial charge in [-0.05, 0) is 24.1 Å². The molecule has 1 heteroatoms. The number of hydrogen-bond acceptors (Lipinski definition) is 1. The van der Waals surface area contributed by atoms with Gasteiger partial charge in [-0.3, -0.25) is 4.98 Å². The van der Waals surface area contributed by atoms with E-state index in [0.717, 1.165) is 6.42 Å². The van der Waals surface area contributed by atoms with Crippen LogP contribution in [0.2, 0.25) is 0 Å². The molecular weight excluding hydrogens is 110 g/mol. The highest BCUT2D eigenvalue weighted by Crippen LogP contribution is 1.99. The Morgan fingerprint density at radius 3 is 2.89 bits per heavy atom. The Labute approximate surface area is 55.7 Å². The van der Waals surface area contributed by atoms with Crippen molar-refractivity contribution in [3.05, 3.63) is 36.5 Å². The fourth-order valence-electron chi connectivity index (χ4n) is 0.714. The SMILES string of the molecule is [CH]c1cc(CC)ccn1. The van der Waals surface area contributed by atoms with Crippen LogP contribution in [0.5, 0.6) is 0 Å². The molecule has 0 aliphatic rings. The van der Waals surface area contributed by atoms with Crippen LogP contribution >= 0.6 is 0 Å². The first-order valence-electron chi connectivity index (χ1n) is 3.03. The minimum Gasteiger partial charge on any atom is -0.261 e. The lowest BCUT2D eigenvalue weighted by molar-refractivity contribution is 1.11. The second-order valence-corrected chi connectivity index (χ2v) is 1.94. The van der Waals surface area contributed by atoms with Crippen molar-refractivity contribution in [1.82, 2.24) is 4.98 Å². The molecular formula is C8H9N. The molecule has 0 aliphatic carbocycles. The van der Waals surface area contributed by atoms with Gasteiger partial charge in [0, 0.05) is 18.8 Å². The van der Waals surface area contributed by atoms with Gasteiger partial charge in [0.2, 0.25) is 0 Å². The molecule has 0 atom stereocenters. The average molecular weight is 119 g/mol.